The second-order valence-electron chi connectivity index (χ2n) is 4.91. The molecule has 1 amide bonds. The van der Waals surface area contributed by atoms with E-state index in [4.69, 9.17) is 4.74 Å². The minimum absolute atomic E-state index is 0.00667. The maximum Gasteiger partial charge on any atom is 0.333 e. The van der Waals surface area contributed by atoms with Crippen molar-refractivity contribution in [3.8, 4) is 0 Å². The van der Waals surface area contributed by atoms with Crippen molar-refractivity contribution in [2.45, 2.75) is 18.1 Å². The number of carbonyl (C=O) groups excluding carboxylic acids is 2. The third kappa shape index (κ3) is 4.95. The van der Waals surface area contributed by atoms with Crippen LogP contribution in [0.15, 0.2) is 46.3 Å². The zero-order valence-corrected chi connectivity index (χ0v) is 14.1. The summed E-state index contributed by atoms with van der Waals surface area (Å²) in [6.45, 7) is 1.70. The van der Waals surface area contributed by atoms with Gasteiger partial charge in [-0.25, -0.2) is 9.78 Å². The van der Waals surface area contributed by atoms with E-state index in [-0.39, 0.29) is 17.2 Å². The first-order valence-electron chi connectivity index (χ1n) is 7.12. The quantitative estimate of drug-likeness (QED) is 0.463. The number of aromatic amines is 1. The van der Waals surface area contributed by atoms with Crippen LogP contribution in [0.5, 0.6) is 0 Å². The predicted molar refractivity (Wildman–Crippen MR) is 89.7 cm³/mol. The van der Waals surface area contributed by atoms with Crippen molar-refractivity contribution in [2.75, 3.05) is 12.9 Å². The number of H-pyrrole nitrogens is 1. The van der Waals surface area contributed by atoms with E-state index in [9.17, 15) is 14.4 Å². The lowest BCUT2D eigenvalue weighted by Crippen LogP contribution is -2.35. The molecule has 1 heterocycles. The lowest BCUT2D eigenvalue weighted by Gasteiger charge is -2.16. The van der Waals surface area contributed by atoms with E-state index >= 15 is 0 Å². The third-order valence-electron chi connectivity index (χ3n) is 3.06. The fraction of sp³-hybridized carbons (Fsp3) is 0.250. The first kappa shape index (κ1) is 17.7. The van der Waals surface area contributed by atoms with E-state index in [0.717, 1.165) is 11.8 Å². The Morgan fingerprint density at radius 2 is 2.04 bits per heavy atom. The number of aryl methyl sites for hydroxylation is 1. The zero-order chi connectivity index (χ0) is 17.5. The molecule has 2 N–H and O–H groups in total. The molecule has 2 rings (SSSR count). The average Bonchev–Trinajstić information content (AvgIpc) is 2.57. The number of nitrogens with zero attached hydrogens (tertiary/aromatic N) is 1. The zero-order valence-electron chi connectivity index (χ0n) is 13.2. The second-order valence-corrected chi connectivity index (χ2v) is 5.88. The van der Waals surface area contributed by atoms with Gasteiger partial charge >= 0.3 is 5.97 Å². The first-order chi connectivity index (χ1) is 11.5. The molecule has 0 saturated carbocycles. The van der Waals surface area contributed by atoms with Crippen molar-refractivity contribution in [3.05, 3.63) is 58.0 Å². The van der Waals surface area contributed by atoms with E-state index in [1.165, 1.54) is 13.2 Å². The summed E-state index contributed by atoms with van der Waals surface area (Å²) < 4.78 is 4.74. The topological polar surface area (TPSA) is 101 Å². The van der Waals surface area contributed by atoms with Gasteiger partial charge in [-0.1, -0.05) is 42.1 Å². The molecule has 8 heteroatoms. The molecular formula is C16H17N3O4S. The fourth-order valence-electron chi connectivity index (χ4n) is 2.00. The number of rotatable bonds is 6. The number of amides is 1. The van der Waals surface area contributed by atoms with Crippen molar-refractivity contribution in [1.29, 1.82) is 0 Å². The lowest BCUT2D eigenvalue weighted by atomic mass is 10.1. The number of benzene rings is 1. The Morgan fingerprint density at radius 1 is 1.33 bits per heavy atom. The molecule has 7 nitrogen and oxygen atoms in total. The van der Waals surface area contributed by atoms with Gasteiger partial charge in [-0.05, 0) is 12.5 Å². The van der Waals surface area contributed by atoms with Crippen LogP contribution in [0.4, 0.5) is 0 Å². The highest BCUT2D eigenvalue weighted by Crippen LogP contribution is 2.16. The van der Waals surface area contributed by atoms with Gasteiger partial charge in [-0.2, -0.15) is 0 Å². The van der Waals surface area contributed by atoms with Gasteiger partial charge in [-0.3, -0.25) is 9.59 Å². The molecule has 0 unspecified atom stereocenters. The first-order valence-corrected chi connectivity index (χ1v) is 8.11. The second kappa shape index (κ2) is 8.30. The van der Waals surface area contributed by atoms with Crippen LogP contribution < -0.4 is 10.9 Å². The van der Waals surface area contributed by atoms with Crippen molar-refractivity contribution in [3.63, 3.8) is 0 Å². The Bertz CT molecular complexity index is 776. The number of aromatic nitrogens is 2. The van der Waals surface area contributed by atoms with Crippen molar-refractivity contribution in [2.24, 2.45) is 0 Å². The van der Waals surface area contributed by atoms with E-state index < -0.39 is 12.0 Å². The van der Waals surface area contributed by atoms with Crippen LogP contribution in [0.25, 0.3) is 0 Å². The molecule has 0 spiro atoms. The van der Waals surface area contributed by atoms with Crippen LogP contribution in [0.2, 0.25) is 0 Å². The van der Waals surface area contributed by atoms with Gasteiger partial charge in [0.1, 0.15) is 0 Å². The number of hydrogen-bond donors (Lipinski definition) is 2. The number of thioether (sulfide) groups is 1. The summed E-state index contributed by atoms with van der Waals surface area (Å²) in [4.78, 5) is 42.1. The lowest BCUT2D eigenvalue weighted by molar-refractivity contribution is -0.145. The van der Waals surface area contributed by atoms with Gasteiger partial charge in [-0.15, -0.1) is 0 Å². The summed E-state index contributed by atoms with van der Waals surface area (Å²) in [5, 5.41) is 2.98. The number of carbonyl (C=O) groups is 2. The van der Waals surface area contributed by atoms with Gasteiger partial charge in [0.2, 0.25) is 5.91 Å². The molecule has 1 aromatic heterocycles. The number of nitrogens with one attached hydrogen (secondary N) is 2. The molecule has 0 aliphatic carbocycles. The summed E-state index contributed by atoms with van der Waals surface area (Å²) in [5.41, 5.74) is 0.922. The molecule has 0 radical (unpaired) electrons. The summed E-state index contributed by atoms with van der Waals surface area (Å²) >= 11 is 1.08. The van der Waals surface area contributed by atoms with E-state index in [0.29, 0.717) is 16.4 Å². The Balaban J connectivity index is 2.03. The van der Waals surface area contributed by atoms with Gasteiger partial charge in [0, 0.05) is 11.8 Å². The van der Waals surface area contributed by atoms with Crippen molar-refractivity contribution >= 4 is 23.6 Å². The van der Waals surface area contributed by atoms with Crippen molar-refractivity contribution < 1.29 is 14.3 Å². The van der Waals surface area contributed by atoms with Crippen LogP contribution >= 0.6 is 11.8 Å². The van der Waals surface area contributed by atoms with Crippen LogP contribution in [-0.2, 0) is 14.3 Å². The van der Waals surface area contributed by atoms with Gasteiger partial charge in [0.15, 0.2) is 11.2 Å². The molecule has 1 atom stereocenters. The minimum Gasteiger partial charge on any atom is -0.467 e. The number of esters is 1. The van der Waals surface area contributed by atoms with Gasteiger partial charge in [0.05, 0.1) is 12.9 Å². The molecule has 0 saturated heterocycles. The molecule has 126 valence electrons. The predicted octanol–water partition coefficient (Wildman–Crippen LogP) is 1.20. The molecule has 0 fully saturated rings. The molecule has 0 aliphatic heterocycles. The number of methoxy groups -OCH3 is 1. The number of ether oxygens (including phenoxy) is 1. The Hall–Kier alpha value is -2.61. The van der Waals surface area contributed by atoms with Crippen LogP contribution in [0, 0.1) is 6.92 Å². The Kier molecular flexibility index (Phi) is 6.14. The number of hydrogen-bond acceptors (Lipinski definition) is 6. The smallest absolute Gasteiger partial charge is 0.333 e. The maximum absolute atomic E-state index is 12.1. The molecule has 2 aromatic rings. The largest absolute Gasteiger partial charge is 0.467 e. The summed E-state index contributed by atoms with van der Waals surface area (Å²) in [6, 6.07) is 9.31. The van der Waals surface area contributed by atoms with Crippen molar-refractivity contribution in [1.82, 2.24) is 15.3 Å². The van der Waals surface area contributed by atoms with E-state index in [2.05, 4.69) is 15.3 Å². The SMILES string of the molecule is COC(=O)[C@@H](NC(=O)CSc1nc(C)cc(=O)[nH]1)c1ccccc1. The Labute approximate surface area is 142 Å². The maximum atomic E-state index is 12.1. The molecular weight excluding hydrogens is 330 g/mol. The normalized spacial score (nSPS) is 11.6. The summed E-state index contributed by atoms with van der Waals surface area (Å²) in [6.07, 6.45) is 0. The highest BCUT2D eigenvalue weighted by molar-refractivity contribution is 7.99. The van der Waals surface area contributed by atoms with E-state index in [1.54, 1.807) is 31.2 Å². The monoisotopic (exact) mass is 347 g/mol. The molecule has 1 aromatic carbocycles. The minimum atomic E-state index is -0.881. The van der Waals surface area contributed by atoms with Crippen LogP contribution in [0.3, 0.4) is 0 Å². The third-order valence-corrected chi connectivity index (χ3v) is 3.94. The van der Waals surface area contributed by atoms with Crippen LogP contribution in [-0.4, -0.2) is 34.7 Å². The fourth-order valence-corrected chi connectivity index (χ4v) is 2.73. The van der Waals surface area contributed by atoms with Gasteiger partial charge < -0.3 is 15.0 Å². The van der Waals surface area contributed by atoms with Crippen LogP contribution in [0.1, 0.15) is 17.3 Å². The standard InChI is InChI=1S/C16H17N3O4S/c1-10-8-12(20)19-16(17-10)24-9-13(21)18-14(15(22)23-2)11-6-4-3-5-7-11/h3-8,14H,9H2,1-2H3,(H,18,21)(H,17,19,20)/t14-/m0/s1. The van der Waals surface area contributed by atoms with E-state index in [1.807, 2.05) is 6.07 Å². The summed E-state index contributed by atoms with van der Waals surface area (Å²) in [7, 11) is 1.26. The molecule has 0 aliphatic rings. The molecule has 24 heavy (non-hydrogen) atoms. The Morgan fingerprint density at radius 3 is 2.67 bits per heavy atom. The molecule has 0 bridgehead atoms. The highest BCUT2D eigenvalue weighted by atomic mass is 32.2. The van der Waals surface area contributed by atoms with Gasteiger partial charge in [0.25, 0.3) is 5.56 Å². The highest BCUT2D eigenvalue weighted by Gasteiger charge is 2.23. The summed E-state index contributed by atoms with van der Waals surface area (Å²) in [5.74, 6) is -0.919. The average molecular weight is 347 g/mol.